The van der Waals surface area contributed by atoms with Gasteiger partial charge in [-0.05, 0) is 23.9 Å². The smallest absolute Gasteiger partial charge is 0.295 e. The Morgan fingerprint density at radius 2 is 1.38 bits per heavy atom. The summed E-state index contributed by atoms with van der Waals surface area (Å²) in [5.74, 6) is 0.412. The second-order valence-corrected chi connectivity index (χ2v) is 8.08. The molecule has 4 aromatic carbocycles. The summed E-state index contributed by atoms with van der Waals surface area (Å²) in [6.07, 6.45) is 0. The van der Waals surface area contributed by atoms with Crippen LogP contribution in [0.1, 0.15) is 19.4 Å². The van der Waals surface area contributed by atoms with Crippen molar-refractivity contribution in [3.8, 4) is 11.5 Å². The molecule has 6 N–H and O–H groups in total. The van der Waals surface area contributed by atoms with Gasteiger partial charge in [0.05, 0.1) is 18.5 Å². The largest absolute Gasteiger partial charge is 0.506 e. The summed E-state index contributed by atoms with van der Waals surface area (Å²) >= 11 is 0. The van der Waals surface area contributed by atoms with Gasteiger partial charge in [0.25, 0.3) is 10.1 Å². The first-order valence-corrected chi connectivity index (χ1v) is 11.4. The highest BCUT2D eigenvalue weighted by atomic mass is 32.2. The van der Waals surface area contributed by atoms with Crippen molar-refractivity contribution in [3.63, 3.8) is 0 Å². The van der Waals surface area contributed by atoms with E-state index in [0.717, 1.165) is 33.8 Å². The third kappa shape index (κ3) is 5.04. The number of benzene rings is 4. The topological polar surface area (TPSA) is 136 Å². The van der Waals surface area contributed by atoms with Gasteiger partial charge in [0.1, 0.15) is 16.4 Å². The minimum atomic E-state index is -4.38. The van der Waals surface area contributed by atoms with Gasteiger partial charge in [-0.15, -0.1) is 0 Å². The molecule has 0 aliphatic rings. The quantitative estimate of drug-likeness (QED) is 0.186. The third-order valence-corrected chi connectivity index (χ3v) is 5.63. The van der Waals surface area contributed by atoms with Gasteiger partial charge >= 0.3 is 0 Å². The molecule has 0 radical (unpaired) electrons. The Bertz CT molecular complexity index is 1350. The number of phenolic OH excluding ortho intramolecular Hbond substituents is 1. The van der Waals surface area contributed by atoms with E-state index in [0.29, 0.717) is 5.39 Å². The number of rotatable bonds is 2. The first kappa shape index (κ1) is 24.8. The molecule has 170 valence electrons. The van der Waals surface area contributed by atoms with Crippen LogP contribution in [0.4, 0.5) is 11.4 Å². The fourth-order valence-electron chi connectivity index (χ4n) is 3.34. The zero-order valence-electron chi connectivity index (χ0n) is 18.5. The van der Waals surface area contributed by atoms with Crippen molar-refractivity contribution < 1.29 is 22.8 Å². The van der Waals surface area contributed by atoms with Crippen molar-refractivity contribution in [2.75, 3.05) is 18.6 Å². The van der Waals surface area contributed by atoms with Crippen LogP contribution in [0.2, 0.25) is 0 Å². The van der Waals surface area contributed by atoms with Crippen LogP contribution in [-0.4, -0.2) is 25.2 Å². The number of ether oxygens (including phenoxy) is 1. The summed E-state index contributed by atoms with van der Waals surface area (Å²) in [6, 6.07) is 17.4. The number of aromatic hydroxyl groups is 1. The van der Waals surface area contributed by atoms with Crippen molar-refractivity contribution >= 4 is 43.0 Å². The van der Waals surface area contributed by atoms with E-state index in [-0.39, 0.29) is 21.7 Å². The maximum Gasteiger partial charge on any atom is 0.295 e. The molecular weight excluding hydrogens is 428 g/mol. The molecule has 0 fully saturated rings. The van der Waals surface area contributed by atoms with E-state index < -0.39 is 10.1 Å². The summed E-state index contributed by atoms with van der Waals surface area (Å²) in [7, 11) is -2.74. The summed E-state index contributed by atoms with van der Waals surface area (Å²) in [5.41, 5.74) is 13.5. The second-order valence-electron chi connectivity index (χ2n) is 6.69. The molecule has 32 heavy (non-hydrogen) atoms. The van der Waals surface area contributed by atoms with E-state index in [1.807, 2.05) is 39.0 Å². The Labute approximate surface area is 188 Å². The molecule has 0 saturated heterocycles. The van der Waals surface area contributed by atoms with E-state index in [9.17, 15) is 13.5 Å². The van der Waals surface area contributed by atoms with Crippen LogP contribution >= 0.6 is 0 Å². The van der Waals surface area contributed by atoms with Gasteiger partial charge in [0, 0.05) is 22.2 Å². The van der Waals surface area contributed by atoms with Crippen LogP contribution in [0.3, 0.4) is 0 Å². The number of methoxy groups -OCH3 is 1. The van der Waals surface area contributed by atoms with Crippen molar-refractivity contribution in [2.45, 2.75) is 25.7 Å². The molecule has 0 saturated carbocycles. The number of anilines is 2. The zero-order valence-corrected chi connectivity index (χ0v) is 19.3. The van der Waals surface area contributed by atoms with E-state index in [2.05, 4.69) is 12.1 Å². The summed E-state index contributed by atoms with van der Waals surface area (Å²) in [6.45, 7) is 6.00. The van der Waals surface area contributed by atoms with Gasteiger partial charge in [-0.2, -0.15) is 8.42 Å². The predicted octanol–water partition coefficient (Wildman–Crippen LogP) is 5.14. The summed E-state index contributed by atoms with van der Waals surface area (Å²) in [4.78, 5) is -0.352. The molecule has 7 nitrogen and oxygen atoms in total. The highest BCUT2D eigenvalue weighted by Gasteiger charge is 2.17. The predicted molar refractivity (Wildman–Crippen MR) is 131 cm³/mol. The van der Waals surface area contributed by atoms with Crippen molar-refractivity contribution in [1.82, 2.24) is 0 Å². The highest BCUT2D eigenvalue weighted by Crippen LogP contribution is 2.35. The van der Waals surface area contributed by atoms with Crippen LogP contribution in [0.25, 0.3) is 21.5 Å². The minimum Gasteiger partial charge on any atom is -0.506 e. The third-order valence-electron chi connectivity index (χ3n) is 4.73. The first-order chi connectivity index (χ1) is 15.1. The van der Waals surface area contributed by atoms with Gasteiger partial charge in [0.15, 0.2) is 0 Å². The fraction of sp³-hybridized carbons (Fsp3) is 0.167. The molecule has 4 rings (SSSR count). The standard InChI is InChI=1S/C12H13NO.C10H9NO4S.C2H6/c1-8-7-9-5-3-4-6-10(9)11(13)12(8)14-2;11-10-7-4-2-1-3-6(7)9(5-8(10)12)16(13,14)15;1-2/h3-7H,13H2,1-2H3;1-5,12H,11H2,(H,13,14,15);1-2H3. The molecule has 0 aliphatic carbocycles. The van der Waals surface area contributed by atoms with E-state index in [4.69, 9.17) is 20.8 Å². The number of hydrogen-bond acceptors (Lipinski definition) is 6. The summed E-state index contributed by atoms with van der Waals surface area (Å²) < 4.78 is 36.5. The lowest BCUT2D eigenvalue weighted by molar-refractivity contribution is 0.414. The molecule has 4 aromatic rings. The Morgan fingerprint density at radius 3 is 1.94 bits per heavy atom. The van der Waals surface area contributed by atoms with Crippen LogP contribution in [0.5, 0.6) is 11.5 Å². The highest BCUT2D eigenvalue weighted by molar-refractivity contribution is 7.86. The number of fused-ring (bicyclic) bond motifs is 2. The monoisotopic (exact) mass is 456 g/mol. The zero-order chi connectivity index (χ0) is 24.1. The van der Waals surface area contributed by atoms with Crippen molar-refractivity contribution in [3.05, 3.63) is 66.2 Å². The molecule has 8 heteroatoms. The molecule has 0 amide bonds. The van der Waals surface area contributed by atoms with Crippen LogP contribution in [-0.2, 0) is 10.1 Å². The fourth-order valence-corrected chi connectivity index (χ4v) is 4.05. The molecule has 0 bridgehead atoms. The molecule has 0 unspecified atom stereocenters. The maximum absolute atomic E-state index is 11.1. The van der Waals surface area contributed by atoms with Gasteiger partial charge in [-0.3, -0.25) is 4.55 Å². The van der Waals surface area contributed by atoms with Gasteiger partial charge < -0.3 is 21.3 Å². The van der Waals surface area contributed by atoms with Crippen LogP contribution in [0.15, 0.2) is 65.6 Å². The SMILES string of the molecule is CC.COc1c(C)cc2ccccc2c1N.Nc1c(O)cc(S(=O)(=O)O)c2ccccc12. The molecule has 0 aromatic heterocycles. The Hall–Kier alpha value is -3.49. The number of aryl methyl sites for hydroxylation is 1. The van der Waals surface area contributed by atoms with Crippen molar-refractivity contribution in [1.29, 1.82) is 0 Å². The molecule has 0 atom stereocenters. The normalized spacial score (nSPS) is 10.7. The molecule has 0 heterocycles. The van der Waals surface area contributed by atoms with E-state index >= 15 is 0 Å². The Kier molecular flexibility index (Phi) is 7.91. The second kappa shape index (κ2) is 10.2. The van der Waals surface area contributed by atoms with Crippen LogP contribution in [0, 0.1) is 6.92 Å². The summed E-state index contributed by atoms with van der Waals surface area (Å²) in [5, 5.41) is 12.3. The van der Waals surface area contributed by atoms with Crippen LogP contribution < -0.4 is 16.2 Å². The maximum atomic E-state index is 11.1. The lowest BCUT2D eigenvalue weighted by Gasteiger charge is -2.10. The number of nitrogens with two attached hydrogens (primary N) is 2. The molecule has 0 spiro atoms. The first-order valence-electron chi connectivity index (χ1n) is 9.94. The van der Waals surface area contributed by atoms with E-state index in [1.54, 1.807) is 25.3 Å². The number of hydrogen-bond donors (Lipinski definition) is 4. The average molecular weight is 457 g/mol. The number of nitrogen functional groups attached to an aromatic ring is 2. The van der Waals surface area contributed by atoms with Crippen molar-refractivity contribution in [2.24, 2.45) is 0 Å². The van der Waals surface area contributed by atoms with Gasteiger partial charge in [0.2, 0.25) is 0 Å². The Balaban J connectivity index is 0.000000212. The minimum absolute atomic E-state index is 0.0861. The van der Waals surface area contributed by atoms with Gasteiger partial charge in [-0.1, -0.05) is 62.4 Å². The molecular formula is C24H28N2O5S. The number of phenols is 1. The molecule has 0 aliphatic heterocycles. The van der Waals surface area contributed by atoms with E-state index in [1.165, 1.54) is 6.07 Å². The Morgan fingerprint density at radius 1 is 0.844 bits per heavy atom. The lowest BCUT2D eigenvalue weighted by Crippen LogP contribution is -2.00. The lowest BCUT2D eigenvalue weighted by atomic mass is 10.0. The van der Waals surface area contributed by atoms with Gasteiger partial charge in [-0.25, -0.2) is 0 Å². The average Bonchev–Trinajstić information content (AvgIpc) is 2.78.